The lowest BCUT2D eigenvalue weighted by atomic mass is 9.90. The molecule has 2 heterocycles. The van der Waals surface area contributed by atoms with Gasteiger partial charge in [0.05, 0.1) is 22.8 Å². The molecule has 210 valence electrons. The van der Waals surface area contributed by atoms with Crippen LogP contribution in [-0.4, -0.2) is 54.5 Å². The van der Waals surface area contributed by atoms with Crippen molar-refractivity contribution in [2.75, 3.05) is 38.1 Å². The molecule has 1 aromatic heterocycles. The van der Waals surface area contributed by atoms with Crippen molar-refractivity contribution in [3.8, 4) is 0 Å². The van der Waals surface area contributed by atoms with Crippen molar-refractivity contribution in [1.82, 2.24) is 9.97 Å². The van der Waals surface area contributed by atoms with Crippen LogP contribution >= 0.6 is 0 Å². The lowest BCUT2D eigenvalue weighted by Crippen LogP contribution is -2.41. The Morgan fingerprint density at radius 3 is 2.51 bits per heavy atom. The SMILES string of the molecule is COCCC1(OC)C(=O)N(C)c2cc3c(N[C@H](C)c4cccc(C(F)(F)C(C)(C)O)c4F)nc(C)nc3cc21. The highest BCUT2D eigenvalue weighted by Crippen LogP contribution is 2.47. The van der Waals surface area contributed by atoms with E-state index in [4.69, 9.17) is 9.47 Å². The molecule has 0 saturated carbocycles. The van der Waals surface area contributed by atoms with Crippen molar-refractivity contribution in [2.45, 2.75) is 57.3 Å². The Morgan fingerprint density at radius 1 is 1.21 bits per heavy atom. The summed E-state index contributed by atoms with van der Waals surface area (Å²) in [5, 5.41) is 13.7. The molecule has 1 amide bonds. The maximum absolute atomic E-state index is 15.4. The van der Waals surface area contributed by atoms with E-state index in [-0.39, 0.29) is 11.5 Å². The van der Waals surface area contributed by atoms with Gasteiger partial charge in [-0.3, -0.25) is 4.79 Å². The van der Waals surface area contributed by atoms with Gasteiger partial charge in [0, 0.05) is 50.8 Å². The Kier molecular flexibility index (Phi) is 7.39. The van der Waals surface area contributed by atoms with E-state index in [1.165, 1.54) is 24.1 Å². The highest BCUT2D eigenvalue weighted by atomic mass is 19.3. The third-order valence-electron chi connectivity index (χ3n) is 7.33. The summed E-state index contributed by atoms with van der Waals surface area (Å²) in [6, 6.07) is 6.45. The molecule has 0 aliphatic carbocycles. The minimum absolute atomic E-state index is 0.0211. The second-order valence-corrected chi connectivity index (χ2v) is 10.4. The van der Waals surface area contributed by atoms with Crippen molar-refractivity contribution in [2.24, 2.45) is 0 Å². The number of aliphatic hydroxyl groups is 1. The summed E-state index contributed by atoms with van der Waals surface area (Å²) in [6.07, 6.45) is 0.304. The monoisotopic (exact) mass is 546 g/mol. The number of amides is 1. The maximum atomic E-state index is 15.4. The smallest absolute Gasteiger partial charge is 0.303 e. The summed E-state index contributed by atoms with van der Waals surface area (Å²) in [7, 11) is 4.67. The van der Waals surface area contributed by atoms with E-state index in [0.717, 1.165) is 19.9 Å². The number of carbonyl (C=O) groups excluding carboxylic acids is 1. The summed E-state index contributed by atoms with van der Waals surface area (Å²) in [6.45, 7) is 5.49. The van der Waals surface area contributed by atoms with Crippen molar-refractivity contribution >= 4 is 28.3 Å². The van der Waals surface area contributed by atoms with Gasteiger partial charge in [0.1, 0.15) is 23.1 Å². The van der Waals surface area contributed by atoms with Gasteiger partial charge in [-0.2, -0.15) is 8.78 Å². The molecule has 39 heavy (non-hydrogen) atoms. The summed E-state index contributed by atoms with van der Waals surface area (Å²) in [4.78, 5) is 23.9. The van der Waals surface area contributed by atoms with Crippen LogP contribution in [0.3, 0.4) is 0 Å². The number of fused-ring (bicyclic) bond motifs is 2. The highest BCUT2D eigenvalue weighted by Gasteiger charge is 2.51. The molecule has 0 bridgehead atoms. The van der Waals surface area contributed by atoms with Gasteiger partial charge in [-0.05, 0) is 45.9 Å². The van der Waals surface area contributed by atoms with Crippen LogP contribution in [0, 0.1) is 12.7 Å². The zero-order valence-corrected chi connectivity index (χ0v) is 23.0. The van der Waals surface area contributed by atoms with Crippen LogP contribution in [0.15, 0.2) is 30.3 Å². The Balaban J connectivity index is 1.80. The van der Waals surface area contributed by atoms with Crippen molar-refractivity contribution < 1.29 is 32.5 Å². The zero-order valence-electron chi connectivity index (χ0n) is 23.0. The van der Waals surface area contributed by atoms with E-state index in [2.05, 4.69) is 15.3 Å². The number of hydrogen-bond acceptors (Lipinski definition) is 7. The number of benzene rings is 2. The molecular weight excluding hydrogens is 513 g/mol. The Hall–Kier alpha value is -3.28. The molecule has 1 aliphatic rings. The molecule has 11 heteroatoms. The number of nitrogens with zero attached hydrogens (tertiary/aromatic N) is 3. The third-order valence-corrected chi connectivity index (χ3v) is 7.33. The van der Waals surface area contributed by atoms with Gasteiger partial charge in [-0.1, -0.05) is 12.1 Å². The van der Waals surface area contributed by atoms with E-state index in [9.17, 15) is 18.7 Å². The molecule has 2 N–H and O–H groups in total. The number of hydrogen-bond donors (Lipinski definition) is 2. The van der Waals surface area contributed by atoms with E-state index in [0.29, 0.717) is 46.8 Å². The minimum Gasteiger partial charge on any atom is -0.385 e. The summed E-state index contributed by atoms with van der Waals surface area (Å²) >= 11 is 0. The van der Waals surface area contributed by atoms with E-state index < -0.39 is 34.5 Å². The average molecular weight is 547 g/mol. The van der Waals surface area contributed by atoms with Crippen molar-refractivity contribution in [3.63, 3.8) is 0 Å². The standard InChI is InChI=1S/C28H33F3N4O4/c1-15(17-9-8-10-19(23(17)29)28(30,31)26(3,4)37)32-24-18-13-22-20(14-21(18)33-16(2)34-24)27(39-7,11-12-38-6)25(36)35(22)5/h8-10,13-15,37H,11-12H2,1-7H3,(H,32,33,34)/t15-,27?/m1/s1. The van der Waals surface area contributed by atoms with E-state index in [1.54, 1.807) is 40.1 Å². The fourth-order valence-corrected chi connectivity index (χ4v) is 5.01. The number of likely N-dealkylation sites (N-methyl/N-ethyl adjacent to an activating group) is 1. The fourth-order valence-electron chi connectivity index (χ4n) is 5.01. The molecule has 3 aromatic rings. The summed E-state index contributed by atoms with van der Waals surface area (Å²) < 4.78 is 56.1. The topological polar surface area (TPSA) is 96.8 Å². The molecule has 1 unspecified atom stereocenters. The zero-order chi connectivity index (χ0) is 28.9. The van der Waals surface area contributed by atoms with Crippen LogP contribution in [0.25, 0.3) is 10.9 Å². The quantitative estimate of drug-likeness (QED) is 0.391. The van der Waals surface area contributed by atoms with Crippen LogP contribution < -0.4 is 10.2 Å². The largest absolute Gasteiger partial charge is 0.385 e. The molecule has 0 radical (unpaired) electrons. The predicted molar refractivity (Wildman–Crippen MR) is 141 cm³/mol. The van der Waals surface area contributed by atoms with Crippen LogP contribution in [0.4, 0.5) is 24.7 Å². The first-order valence-electron chi connectivity index (χ1n) is 12.5. The molecule has 0 spiro atoms. The second-order valence-electron chi connectivity index (χ2n) is 10.4. The van der Waals surface area contributed by atoms with Crippen LogP contribution in [0.1, 0.15) is 55.7 Å². The lowest BCUT2D eigenvalue weighted by Gasteiger charge is -2.30. The number of anilines is 2. The number of aryl methyl sites for hydroxylation is 1. The van der Waals surface area contributed by atoms with Crippen molar-refractivity contribution in [1.29, 1.82) is 0 Å². The van der Waals surface area contributed by atoms with Crippen molar-refractivity contribution in [3.05, 3.63) is 58.7 Å². The molecule has 2 aromatic carbocycles. The Labute approximate surface area is 225 Å². The first-order valence-corrected chi connectivity index (χ1v) is 12.5. The molecule has 1 aliphatic heterocycles. The number of halogens is 3. The number of nitrogens with one attached hydrogen (secondary N) is 1. The van der Waals surface area contributed by atoms with E-state index in [1.807, 2.05) is 0 Å². The number of alkyl halides is 2. The molecule has 0 saturated heterocycles. The number of ether oxygens (including phenoxy) is 2. The third kappa shape index (κ3) is 4.62. The fraction of sp³-hybridized carbons (Fsp3) is 0.464. The lowest BCUT2D eigenvalue weighted by molar-refractivity contribution is -0.170. The molecule has 2 atom stereocenters. The maximum Gasteiger partial charge on any atom is 0.303 e. The summed E-state index contributed by atoms with van der Waals surface area (Å²) in [5.41, 5.74) is -2.84. The summed E-state index contributed by atoms with van der Waals surface area (Å²) in [5.74, 6) is -4.42. The van der Waals surface area contributed by atoms with Gasteiger partial charge < -0.3 is 24.8 Å². The first-order chi connectivity index (χ1) is 18.2. The van der Waals surface area contributed by atoms with Gasteiger partial charge in [-0.25, -0.2) is 14.4 Å². The average Bonchev–Trinajstić information content (AvgIpc) is 3.06. The van der Waals surface area contributed by atoms with Gasteiger partial charge in [0.25, 0.3) is 5.91 Å². The van der Waals surface area contributed by atoms with Gasteiger partial charge >= 0.3 is 5.92 Å². The van der Waals surface area contributed by atoms with Gasteiger partial charge in [0.15, 0.2) is 5.60 Å². The first kappa shape index (κ1) is 28.7. The highest BCUT2D eigenvalue weighted by molar-refractivity contribution is 6.09. The van der Waals surface area contributed by atoms with Gasteiger partial charge in [-0.15, -0.1) is 0 Å². The Morgan fingerprint density at radius 2 is 1.90 bits per heavy atom. The minimum atomic E-state index is -3.82. The number of rotatable bonds is 9. The van der Waals surface area contributed by atoms with Gasteiger partial charge in [0.2, 0.25) is 0 Å². The Bertz CT molecular complexity index is 1430. The number of methoxy groups -OCH3 is 2. The number of aromatic nitrogens is 2. The second kappa shape index (κ2) is 10.0. The predicted octanol–water partition coefficient (Wildman–Crippen LogP) is 4.97. The molecule has 0 fully saturated rings. The van der Waals surface area contributed by atoms with E-state index >= 15 is 4.39 Å². The van der Waals surface area contributed by atoms with Crippen LogP contribution in [0.2, 0.25) is 0 Å². The molecular formula is C28H33F3N4O4. The number of carbonyl (C=O) groups is 1. The molecule has 8 nitrogen and oxygen atoms in total. The molecule has 4 rings (SSSR count). The van der Waals surface area contributed by atoms with Crippen LogP contribution in [-0.2, 0) is 25.8 Å². The van der Waals surface area contributed by atoms with Crippen LogP contribution in [0.5, 0.6) is 0 Å². The normalized spacial score (nSPS) is 18.5.